The molecule has 0 aliphatic carbocycles. The maximum absolute atomic E-state index is 15.2. The number of nitrogens with zero attached hydrogens (tertiary/aromatic N) is 5. The molecule has 0 bridgehead atoms. The van der Waals surface area contributed by atoms with Crippen molar-refractivity contribution in [1.29, 1.82) is 0 Å². The van der Waals surface area contributed by atoms with Crippen LogP contribution in [0.5, 0.6) is 0 Å². The molecule has 0 spiro atoms. The molecular weight excluding hydrogens is 421 g/mol. The SMILES string of the molecule is Cc1nnc2nc(N3CCCc4c(C#CC(C)(C)C(=O)O)cccc43)c3c(F)cccc3n12. The average molecular weight is 443 g/mol. The first-order chi connectivity index (χ1) is 15.8. The summed E-state index contributed by atoms with van der Waals surface area (Å²) in [5.41, 5.74) is 2.16. The summed E-state index contributed by atoms with van der Waals surface area (Å²) in [6, 6.07) is 10.7. The molecule has 0 fully saturated rings. The van der Waals surface area contributed by atoms with Gasteiger partial charge in [-0.15, -0.1) is 10.2 Å². The van der Waals surface area contributed by atoms with E-state index in [9.17, 15) is 9.90 Å². The van der Waals surface area contributed by atoms with Crippen LogP contribution in [0.3, 0.4) is 0 Å². The predicted octanol–water partition coefficient (Wildman–Crippen LogP) is 4.27. The highest BCUT2D eigenvalue weighted by Crippen LogP contribution is 2.38. The number of carboxylic acids is 1. The minimum atomic E-state index is -1.16. The standard InChI is InChI=1S/C25H22FN5O2/c1-15-28-29-24-27-22(21-18(26)9-5-11-20(21)31(15)24)30-14-6-8-17-16(7-4-10-19(17)30)12-13-25(2,3)23(32)33/h4-5,7,9-11H,6,8,14H2,1-3H3,(H,32,33). The van der Waals surface area contributed by atoms with Gasteiger partial charge < -0.3 is 10.0 Å². The summed E-state index contributed by atoms with van der Waals surface area (Å²) in [5.74, 6) is 6.15. The van der Waals surface area contributed by atoms with E-state index in [0.29, 0.717) is 34.9 Å². The number of hydrogen-bond donors (Lipinski definition) is 1. The maximum atomic E-state index is 15.2. The van der Waals surface area contributed by atoms with Crippen molar-refractivity contribution in [3.63, 3.8) is 0 Å². The zero-order valence-corrected chi connectivity index (χ0v) is 18.6. The monoisotopic (exact) mass is 443 g/mol. The Bertz CT molecular complexity index is 1500. The minimum absolute atomic E-state index is 0.365. The number of carbonyl (C=O) groups is 1. The predicted molar refractivity (Wildman–Crippen MR) is 123 cm³/mol. The fourth-order valence-electron chi connectivity index (χ4n) is 4.21. The highest BCUT2D eigenvalue weighted by atomic mass is 19.1. The van der Waals surface area contributed by atoms with Gasteiger partial charge in [0.2, 0.25) is 0 Å². The second-order valence-electron chi connectivity index (χ2n) is 8.69. The lowest BCUT2D eigenvalue weighted by atomic mass is 9.92. The van der Waals surface area contributed by atoms with Crippen LogP contribution in [-0.4, -0.2) is 37.2 Å². The first kappa shape index (κ1) is 20.9. The quantitative estimate of drug-likeness (QED) is 0.466. The van der Waals surface area contributed by atoms with E-state index in [-0.39, 0.29) is 5.82 Å². The van der Waals surface area contributed by atoms with Gasteiger partial charge in [-0.2, -0.15) is 4.98 Å². The molecule has 0 saturated heterocycles. The van der Waals surface area contributed by atoms with Gasteiger partial charge in [-0.1, -0.05) is 24.0 Å². The summed E-state index contributed by atoms with van der Waals surface area (Å²) in [6.07, 6.45) is 1.61. The van der Waals surface area contributed by atoms with Crippen LogP contribution in [0.4, 0.5) is 15.9 Å². The highest BCUT2D eigenvalue weighted by Gasteiger charge is 2.27. The lowest BCUT2D eigenvalue weighted by Crippen LogP contribution is -2.27. The van der Waals surface area contributed by atoms with Crippen molar-refractivity contribution in [1.82, 2.24) is 19.6 Å². The number of rotatable bonds is 2. The lowest BCUT2D eigenvalue weighted by Gasteiger charge is -2.32. The Morgan fingerprint density at radius 2 is 1.97 bits per heavy atom. The third-order valence-electron chi connectivity index (χ3n) is 6.02. The van der Waals surface area contributed by atoms with Gasteiger partial charge in [-0.25, -0.2) is 4.39 Å². The van der Waals surface area contributed by atoms with Crippen LogP contribution < -0.4 is 4.90 Å². The number of anilines is 2. The smallest absolute Gasteiger partial charge is 0.321 e. The van der Waals surface area contributed by atoms with Crippen LogP contribution in [-0.2, 0) is 11.2 Å². The van der Waals surface area contributed by atoms with Crippen molar-refractivity contribution in [2.45, 2.75) is 33.6 Å². The number of carboxylic acid groups (broad SMARTS) is 1. The molecular formula is C25H22FN5O2. The normalized spacial score (nSPS) is 13.6. The van der Waals surface area contributed by atoms with Crippen molar-refractivity contribution >= 4 is 34.2 Å². The van der Waals surface area contributed by atoms with E-state index in [1.807, 2.05) is 36.1 Å². The van der Waals surface area contributed by atoms with Gasteiger partial charge in [-0.05, 0) is 63.4 Å². The Morgan fingerprint density at radius 1 is 1.18 bits per heavy atom. The van der Waals surface area contributed by atoms with E-state index in [0.717, 1.165) is 29.7 Å². The Hall–Kier alpha value is -3.99. The van der Waals surface area contributed by atoms with Crippen molar-refractivity contribution < 1.29 is 14.3 Å². The fraction of sp³-hybridized carbons (Fsp3) is 0.280. The molecule has 0 unspecified atom stereocenters. The van der Waals surface area contributed by atoms with Crippen LogP contribution in [0.1, 0.15) is 37.2 Å². The van der Waals surface area contributed by atoms with E-state index in [1.165, 1.54) is 6.07 Å². The van der Waals surface area contributed by atoms with Crippen molar-refractivity contribution in [3.05, 3.63) is 59.2 Å². The molecule has 5 rings (SSSR count). The maximum Gasteiger partial charge on any atom is 0.321 e. The van der Waals surface area contributed by atoms with Gasteiger partial charge in [0, 0.05) is 17.8 Å². The molecule has 2 aromatic carbocycles. The Kier molecular flexibility index (Phi) is 4.78. The molecule has 166 valence electrons. The van der Waals surface area contributed by atoms with Crippen LogP contribution in [0.25, 0.3) is 16.7 Å². The summed E-state index contributed by atoms with van der Waals surface area (Å²) in [4.78, 5) is 18.2. The molecule has 33 heavy (non-hydrogen) atoms. The van der Waals surface area contributed by atoms with E-state index in [1.54, 1.807) is 24.3 Å². The first-order valence-corrected chi connectivity index (χ1v) is 10.7. The molecule has 2 aromatic heterocycles. The molecule has 4 aromatic rings. The van der Waals surface area contributed by atoms with Crippen molar-refractivity contribution in [2.24, 2.45) is 5.41 Å². The van der Waals surface area contributed by atoms with Gasteiger partial charge in [0.1, 0.15) is 22.9 Å². The molecule has 0 amide bonds. The van der Waals surface area contributed by atoms with Crippen LogP contribution in [0.15, 0.2) is 36.4 Å². The summed E-state index contributed by atoms with van der Waals surface area (Å²) in [7, 11) is 0. The number of hydrogen-bond acceptors (Lipinski definition) is 5. The van der Waals surface area contributed by atoms with E-state index >= 15 is 4.39 Å². The van der Waals surface area contributed by atoms with Gasteiger partial charge in [0.25, 0.3) is 5.78 Å². The van der Waals surface area contributed by atoms with E-state index in [4.69, 9.17) is 4.98 Å². The number of fused-ring (bicyclic) bond motifs is 4. The van der Waals surface area contributed by atoms with E-state index in [2.05, 4.69) is 22.0 Å². The van der Waals surface area contributed by atoms with Gasteiger partial charge in [0.15, 0.2) is 0 Å². The minimum Gasteiger partial charge on any atom is -0.480 e. The Balaban J connectivity index is 1.72. The number of benzene rings is 2. The van der Waals surface area contributed by atoms with Crippen molar-refractivity contribution in [2.75, 3.05) is 11.4 Å². The summed E-state index contributed by atoms with van der Waals surface area (Å²) in [5, 5.41) is 18.1. The second kappa shape index (κ2) is 7.55. The van der Waals surface area contributed by atoms with Crippen LogP contribution in [0.2, 0.25) is 0 Å². The largest absolute Gasteiger partial charge is 0.480 e. The van der Waals surface area contributed by atoms with Gasteiger partial charge >= 0.3 is 5.97 Å². The third-order valence-corrected chi connectivity index (χ3v) is 6.02. The average Bonchev–Trinajstić information content (AvgIpc) is 3.17. The summed E-state index contributed by atoms with van der Waals surface area (Å²) in [6.45, 7) is 5.63. The summed E-state index contributed by atoms with van der Waals surface area (Å²) >= 11 is 0. The van der Waals surface area contributed by atoms with Crippen molar-refractivity contribution in [3.8, 4) is 11.8 Å². The van der Waals surface area contributed by atoms with Crippen LogP contribution in [0, 0.1) is 30.0 Å². The zero-order valence-electron chi connectivity index (χ0n) is 18.6. The number of aromatic nitrogens is 4. The second-order valence-corrected chi connectivity index (χ2v) is 8.69. The number of aryl methyl sites for hydroxylation is 1. The molecule has 8 heteroatoms. The Labute approximate surface area is 189 Å². The molecule has 7 nitrogen and oxygen atoms in total. The first-order valence-electron chi connectivity index (χ1n) is 10.7. The Morgan fingerprint density at radius 3 is 2.76 bits per heavy atom. The number of aliphatic carboxylic acids is 1. The topological polar surface area (TPSA) is 83.6 Å². The molecule has 0 saturated carbocycles. The molecule has 3 heterocycles. The molecule has 1 aliphatic rings. The lowest BCUT2D eigenvalue weighted by molar-refractivity contribution is -0.143. The molecule has 0 radical (unpaired) electrons. The van der Waals surface area contributed by atoms with Gasteiger partial charge in [-0.3, -0.25) is 9.20 Å². The molecule has 1 N–H and O–H groups in total. The zero-order chi connectivity index (χ0) is 23.3. The fourth-order valence-corrected chi connectivity index (χ4v) is 4.21. The van der Waals surface area contributed by atoms with Gasteiger partial charge in [0.05, 0.1) is 10.9 Å². The third kappa shape index (κ3) is 3.37. The summed E-state index contributed by atoms with van der Waals surface area (Å²) < 4.78 is 16.9. The number of halogens is 1. The van der Waals surface area contributed by atoms with Crippen LogP contribution >= 0.6 is 0 Å². The molecule has 1 aliphatic heterocycles. The molecule has 0 atom stereocenters. The highest BCUT2D eigenvalue weighted by molar-refractivity contribution is 5.94. The van der Waals surface area contributed by atoms with E-state index < -0.39 is 11.4 Å².